The van der Waals surface area contributed by atoms with E-state index >= 15 is 0 Å². The Labute approximate surface area is 117 Å². The SMILES string of the molecule is CCOC(=O)C1(C)CN(C(=O)OC(C)(C)C)CC1(F)F. The third-order valence-electron chi connectivity index (χ3n) is 3.08. The van der Waals surface area contributed by atoms with Gasteiger partial charge in [0.05, 0.1) is 13.2 Å². The van der Waals surface area contributed by atoms with Crippen LogP contribution in [-0.2, 0) is 14.3 Å². The maximum Gasteiger partial charge on any atom is 0.410 e. The van der Waals surface area contributed by atoms with Crippen molar-refractivity contribution in [1.29, 1.82) is 0 Å². The van der Waals surface area contributed by atoms with Gasteiger partial charge in [-0.1, -0.05) is 0 Å². The molecule has 1 heterocycles. The summed E-state index contributed by atoms with van der Waals surface area (Å²) in [6.07, 6.45) is -0.856. The molecule has 1 atom stereocenters. The molecule has 1 aliphatic heterocycles. The average Bonchev–Trinajstić information content (AvgIpc) is 2.49. The van der Waals surface area contributed by atoms with Gasteiger partial charge in [-0.05, 0) is 34.6 Å². The minimum Gasteiger partial charge on any atom is -0.465 e. The topological polar surface area (TPSA) is 55.8 Å². The Bertz CT molecular complexity index is 406. The van der Waals surface area contributed by atoms with Crippen molar-refractivity contribution in [3.8, 4) is 0 Å². The lowest BCUT2D eigenvalue weighted by molar-refractivity contribution is -0.171. The Morgan fingerprint density at radius 1 is 1.25 bits per heavy atom. The number of halogens is 2. The molecule has 0 aromatic heterocycles. The van der Waals surface area contributed by atoms with Crippen molar-refractivity contribution < 1.29 is 27.8 Å². The van der Waals surface area contributed by atoms with Crippen LogP contribution in [0.4, 0.5) is 13.6 Å². The molecule has 20 heavy (non-hydrogen) atoms. The van der Waals surface area contributed by atoms with Crippen LogP contribution in [0.1, 0.15) is 34.6 Å². The minimum absolute atomic E-state index is 0.0109. The third-order valence-corrected chi connectivity index (χ3v) is 3.08. The second-order valence-corrected chi connectivity index (χ2v) is 6.09. The second kappa shape index (κ2) is 5.18. The molecule has 0 N–H and O–H groups in total. The van der Waals surface area contributed by atoms with Crippen molar-refractivity contribution in [2.24, 2.45) is 5.41 Å². The number of nitrogens with zero attached hydrogens (tertiary/aromatic N) is 1. The molecule has 1 unspecified atom stereocenters. The first-order chi connectivity index (χ1) is 8.93. The molecule has 1 rings (SSSR count). The molecule has 7 heteroatoms. The number of carbonyl (C=O) groups excluding carboxylic acids is 2. The molecule has 0 spiro atoms. The van der Waals surface area contributed by atoms with Crippen LogP contribution >= 0.6 is 0 Å². The first-order valence-electron chi connectivity index (χ1n) is 6.46. The molecular weight excluding hydrogens is 272 g/mol. The summed E-state index contributed by atoms with van der Waals surface area (Å²) >= 11 is 0. The van der Waals surface area contributed by atoms with Crippen LogP contribution in [0.2, 0.25) is 0 Å². The molecule has 1 amide bonds. The molecule has 0 aromatic rings. The Balaban J connectivity index is 2.89. The highest BCUT2D eigenvalue weighted by atomic mass is 19.3. The van der Waals surface area contributed by atoms with Gasteiger partial charge in [-0.2, -0.15) is 0 Å². The smallest absolute Gasteiger partial charge is 0.410 e. The third kappa shape index (κ3) is 3.19. The van der Waals surface area contributed by atoms with Gasteiger partial charge in [-0.25, -0.2) is 13.6 Å². The summed E-state index contributed by atoms with van der Waals surface area (Å²) in [6, 6.07) is 0. The van der Waals surface area contributed by atoms with E-state index < -0.39 is 42.1 Å². The fourth-order valence-electron chi connectivity index (χ4n) is 1.93. The molecule has 0 aromatic carbocycles. The van der Waals surface area contributed by atoms with E-state index in [0.717, 1.165) is 11.8 Å². The number of carbonyl (C=O) groups is 2. The standard InChI is InChI=1S/C13H21F2NO4/c1-6-19-9(17)12(5)7-16(8-13(12,14)15)10(18)20-11(2,3)4/h6-8H2,1-5H3. The predicted molar refractivity (Wildman–Crippen MR) is 67.5 cm³/mol. The van der Waals surface area contributed by atoms with Gasteiger partial charge in [0.1, 0.15) is 11.0 Å². The average molecular weight is 293 g/mol. The van der Waals surface area contributed by atoms with Crippen LogP contribution in [0.25, 0.3) is 0 Å². The van der Waals surface area contributed by atoms with Crippen LogP contribution in [0.15, 0.2) is 0 Å². The number of ether oxygens (including phenoxy) is 2. The summed E-state index contributed by atoms with van der Waals surface area (Å²) < 4.78 is 37.9. The second-order valence-electron chi connectivity index (χ2n) is 6.09. The molecule has 1 aliphatic rings. The van der Waals surface area contributed by atoms with E-state index in [4.69, 9.17) is 9.47 Å². The molecule has 0 aliphatic carbocycles. The van der Waals surface area contributed by atoms with E-state index in [1.807, 2.05) is 0 Å². The van der Waals surface area contributed by atoms with Gasteiger partial charge in [0.25, 0.3) is 5.92 Å². The molecule has 1 saturated heterocycles. The van der Waals surface area contributed by atoms with E-state index in [0.29, 0.717) is 0 Å². The van der Waals surface area contributed by atoms with Gasteiger partial charge in [-0.3, -0.25) is 4.79 Å². The lowest BCUT2D eigenvalue weighted by Gasteiger charge is -2.27. The molecule has 5 nitrogen and oxygen atoms in total. The van der Waals surface area contributed by atoms with Crippen molar-refractivity contribution in [1.82, 2.24) is 4.90 Å². The molecule has 0 radical (unpaired) electrons. The van der Waals surface area contributed by atoms with Gasteiger partial charge in [0, 0.05) is 6.54 Å². The predicted octanol–water partition coefficient (Wildman–Crippen LogP) is 2.44. The number of alkyl halides is 2. The minimum atomic E-state index is -3.35. The van der Waals surface area contributed by atoms with Crippen LogP contribution in [0.5, 0.6) is 0 Å². The normalized spacial score (nSPS) is 25.4. The number of hydrogen-bond donors (Lipinski definition) is 0. The highest BCUT2D eigenvalue weighted by Gasteiger charge is 2.64. The van der Waals surface area contributed by atoms with Gasteiger partial charge in [-0.15, -0.1) is 0 Å². The van der Waals surface area contributed by atoms with E-state index in [2.05, 4.69) is 0 Å². The number of rotatable bonds is 2. The van der Waals surface area contributed by atoms with Crippen molar-refractivity contribution in [2.45, 2.75) is 46.1 Å². The van der Waals surface area contributed by atoms with Gasteiger partial charge in [0.2, 0.25) is 0 Å². The van der Waals surface area contributed by atoms with E-state index in [9.17, 15) is 18.4 Å². The van der Waals surface area contributed by atoms with E-state index in [-0.39, 0.29) is 6.61 Å². The van der Waals surface area contributed by atoms with E-state index in [1.54, 1.807) is 27.7 Å². The number of amides is 1. The molecule has 116 valence electrons. The van der Waals surface area contributed by atoms with Crippen LogP contribution < -0.4 is 0 Å². The van der Waals surface area contributed by atoms with Gasteiger partial charge < -0.3 is 14.4 Å². The summed E-state index contributed by atoms with van der Waals surface area (Å²) in [5, 5.41) is 0. The zero-order valence-corrected chi connectivity index (χ0v) is 12.5. The fourth-order valence-corrected chi connectivity index (χ4v) is 1.93. The first kappa shape index (κ1) is 16.7. The molecular formula is C13H21F2NO4. The Kier molecular flexibility index (Phi) is 4.31. The Morgan fingerprint density at radius 3 is 2.25 bits per heavy atom. The zero-order valence-electron chi connectivity index (χ0n) is 12.5. The first-order valence-corrected chi connectivity index (χ1v) is 6.46. The number of hydrogen-bond acceptors (Lipinski definition) is 4. The Morgan fingerprint density at radius 2 is 1.80 bits per heavy atom. The summed E-state index contributed by atoms with van der Waals surface area (Å²) in [5.74, 6) is -4.35. The van der Waals surface area contributed by atoms with Crippen molar-refractivity contribution in [3.05, 3.63) is 0 Å². The molecule has 0 saturated carbocycles. The van der Waals surface area contributed by atoms with Gasteiger partial charge >= 0.3 is 12.1 Å². The van der Waals surface area contributed by atoms with Crippen molar-refractivity contribution >= 4 is 12.1 Å². The highest BCUT2D eigenvalue weighted by molar-refractivity contribution is 5.80. The lowest BCUT2D eigenvalue weighted by atomic mass is 9.86. The summed E-state index contributed by atoms with van der Waals surface area (Å²) in [7, 11) is 0. The van der Waals surface area contributed by atoms with Crippen molar-refractivity contribution in [3.63, 3.8) is 0 Å². The number of esters is 1. The zero-order chi connectivity index (χ0) is 15.8. The largest absolute Gasteiger partial charge is 0.465 e. The summed E-state index contributed by atoms with van der Waals surface area (Å²) in [6.45, 7) is 6.31. The highest BCUT2D eigenvalue weighted by Crippen LogP contribution is 2.44. The summed E-state index contributed by atoms with van der Waals surface area (Å²) in [5.41, 5.74) is -2.82. The Hall–Kier alpha value is -1.40. The fraction of sp³-hybridized carbons (Fsp3) is 0.846. The lowest BCUT2D eigenvalue weighted by Crippen LogP contribution is -2.45. The maximum absolute atomic E-state index is 14.1. The monoisotopic (exact) mass is 293 g/mol. The quantitative estimate of drug-likeness (QED) is 0.734. The number of likely N-dealkylation sites (tertiary alicyclic amines) is 1. The van der Waals surface area contributed by atoms with Crippen LogP contribution in [0, 0.1) is 5.41 Å². The van der Waals surface area contributed by atoms with Crippen LogP contribution in [-0.4, -0.2) is 48.2 Å². The van der Waals surface area contributed by atoms with Gasteiger partial charge in [0.15, 0.2) is 0 Å². The maximum atomic E-state index is 14.1. The van der Waals surface area contributed by atoms with E-state index in [1.165, 1.54) is 0 Å². The van der Waals surface area contributed by atoms with Crippen LogP contribution in [0.3, 0.4) is 0 Å². The van der Waals surface area contributed by atoms with Crippen molar-refractivity contribution in [2.75, 3.05) is 19.7 Å². The molecule has 1 fully saturated rings. The molecule has 0 bridgehead atoms. The summed E-state index contributed by atoms with van der Waals surface area (Å²) in [4.78, 5) is 24.4.